The lowest BCUT2D eigenvalue weighted by atomic mass is 10.1. The Morgan fingerprint density at radius 1 is 1.44 bits per heavy atom. The summed E-state index contributed by atoms with van der Waals surface area (Å²) in [5.41, 5.74) is 0. The Morgan fingerprint density at radius 2 is 2.44 bits per heavy atom. The van der Waals surface area contributed by atoms with Crippen LogP contribution in [0.3, 0.4) is 0 Å². The zero-order valence-corrected chi connectivity index (χ0v) is 10.1. The van der Waals surface area contributed by atoms with Crippen LogP contribution in [0.1, 0.15) is 30.5 Å². The lowest BCUT2D eigenvalue weighted by molar-refractivity contribution is 0.352. The van der Waals surface area contributed by atoms with Gasteiger partial charge in [0.05, 0.1) is 5.92 Å². The second-order valence-electron chi connectivity index (χ2n) is 4.67. The van der Waals surface area contributed by atoms with Crippen LogP contribution in [0.2, 0.25) is 0 Å². The molecule has 1 N–H and O–H groups in total. The van der Waals surface area contributed by atoms with Crippen LogP contribution in [0.25, 0.3) is 0 Å². The standard InChI is InChI=1S/C11H17N3OS/c1-3-12-6-9(1)11-13-10(14-15-11)5-8-2-4-16-7-8/h8-9,12H,1-7H2. The maximum atomic E-state index is 5.35. The van der Waals surface area contributed by atoms with Gasteiger partial charge < -0.3 is 9.84 Å². The normalized spacial score (nSPS) is 30.0. The van der Waals surface area contributed by atoms with Crippen LogP contribution in [0.15, 0.2) is 4.52 Å². The van der Waals surface area contributed by atoms with E-state index in [9.17, 15) is 0 Å². The molecule has 1 aromatic heterocycles. The van der Waals surface area contributed by atoms with Crippen molar-refractivity contribution in [2.45, 2.75) is 25.2 Å². The van der Waals surface area contributed by atoms with Crippen LogP contribution < -0.4 is 5.32 Å². The number of thioether (sulfide) groups is 1. The fourth-order valence-corrected chi connectivity index (χ4v) is 3.67. The van der Waals surface area contributed by atoms with Crippen molar-refractivity contribution in [1.29, 1.82) is 0 Å². The minimum absolute atomic E-state index is 0.444. The fourth-order valence-electron chi connectivity index (χ4n) is 2.38. The Bertz CT molecular complexity index is 343. The highest BCUT2D eigenvalue weighted by atomic mass is 32.2. The van der Waals surface area contributed by atoms with E-state index in [4.69, 9.17) is 4.52 Å². The van der Waals surface area contributed by atoms with Crippen molar-refractivity contribution in [2.24, 2.45) is 5.92 Å². The summed E-state index contributed by atoms with van der Waals surface area (Å²) in [5, 5.41) is 7.42. The highest BCUT2D eigenvalue weighted by Gasteiger charge is 2.24. The van der Waals surface area contributed by atoms with Gasteiger partial charge in [-0.3, -0.25) is 0 Å². The van der Waals surface area contributed by atoms with Crippen molar-refractivity contribution >= 4 is 11.8 Å². The summed E-state index contributed by atoms with van der Waals surface area (Å²) in [7, 11) is 0. The number of nitrogens with one attached hydrogen (secondary N) is 1. The summed E-state index contributed by atoms with van der Waals surface area (Å²) in [6, 6.07) is 0. The molecule has 0 bridgehead atoms. The van der Waals surface area contributed by atoms with E-state index in [1.54, 1.807) is 0 Å². The van der Waals surface area contributed by atoms with Crippen LogP contribution in [0.5, 0.6) is 0 Å². The molecule has 3 rings (SSSR count). The molecule has 0 aliphatic carbocycles. The molecular formula is C11H17N3OS. The van der Waals surface area contributed by atoms with E-state index in [-0.39, 0.29) is 0 Å². The summed E-state index contributed by atoms with van der Waals surface area (Å²) in [5.74, 6) is 5.51. The molecule has 0 radical (unpaired) electrons. The van der Waals surface area contributed by atoms with E-state index in [0.717, 1.165) is 43.6 Å². The van der Waals surface area contributed by atoms with Crippen molar-refractivity contribution in [3.63, 3.8) is 0 Å². The van der Waals surface area contributed by atoms with Gasteiger partial charge >= 0.3 is 0 Å². The van der Waals surface area contributed by atoms with Crippen LogP contribution >= 0.6 is 11.8 Å². The van der Waals surface area contributed by atoms with E-state index in [1.165, 1.54) is 17.9 Å². The third kappa shape index (κ3) is 2.25. The van der Waals surface area contributed by atoms with Gasteiger partial charge in [-0.15, -0.1) is 0 Å². The molecule has 88 valence electrons. The van der Waals surface area contributed by atoms with Crippen molar-refractivity contribution in [1.82, 2.24) is 15.5 Å². The molecule has 2 saturated heterocycles. The first-order valence-electron chi connectivity index (χ1n) is 6.03. The first-order chi connectivity index (χ1) is 7.92. The number of hydrogen-bond donors (Lipinski definition) is 1. The van der Waals surface area contributed by atoms with Gasteiger partial charge in [0.1, 0.15) is 0 Å². The zero-order valence-electron chi connectivity index (χ0n) is 9.32. The minimum atomic E-state index is 0.444. The van der Waals surface area contributed by atoms with E-state index >= 15 is 0 Å². The van der Waals surface area contributed by atoms with Gasteiger partial charge in [-0.2, -0.15) is 16.7 Å². The number of hydrogen-bond acceptors (Lipinski definition) is 5. The quantitative estimate of drug-likeness (QED) is 0.865. The average molecular weight is 239 g/mol. The first-order valence-corrected chi connectivity index (χ1v) is 7.18. The average Bonchev–Trinajstić information content (AvgIpc) is 2.99. The molecule has 0 amide bonds. The highest BCUT2D eigenvalue weighted by Crippen LogP contribution is 2.27. The Balaban J connectivity index is 1.62. The number of aromatic nitrogens is 2. The van der Waals surface area contributed by atoms with Crippen LogP contribution in [-0.2, 0) is 6.42 Å². The molecule has 2 atom stereocenters. The Hall–Kier alpha value is -0.550. The van der Waals surface area contributed by atoms with E-state index in [2.05, 4.69) is 15.5 Å². The third-order valence-electron chi connectivity index (χ3n) is 3.39. The van der Waals surface area contributed by atoms with Gasteiger partial charge in [0.2, 0.25) is 5.89 Å². The van der Waals surface area contributed by atoms with Gasteiger partial charge in [-0.05, 0) is 36.8 Å². The lowest BCUT2D eigenvalue weighted by Crippen LogP contribution is -2.08. The highest BCUT2D eigenvalue weighted by molar-refractivity contribution is 7.99. The van der Waals surface area contributed by atoms with E-state index in [1.807, 2.05) is 11.8 Å². The van der Waals surface area contributed by atoms with Crippen LogP contribution in [0, 0.1) is 5.92 Å². The topological polar surface area (TPSA) is 51.0 Å². The molecule has 2 fully saturated rings. The molecule has 4 nitrogen and oxygen atoms in total. The van der Waals surface area contributed by atoms with Crippen molar-refractivity contribution in [3.8, 4) is 0 Å². The number of nitrogens with zero attached hydrogens (tertiary/aromatic N) is 2. The molecule has 0 saturated carbocycles. The Morgan fingerprint density at radius 3 is 3.19 bits per heavy atom. The second-order valence-corrected chi connectivity index (χ2v) is 5.82. The van der Waals surface area contributed by atoms with Crippen molar-refractivity contribution < 1.29 is 4.52 Å². The van der Waals surface area contributed by atoms with Crippen molar-refractivity contribution in [2.75, 3.05) is 24.6 Å². The largest absolute Gasteiger partial charge is 0.339 e. The molecule has 1 aromatic rings. The van der Waals surface area contributed by atoms with Gasteiger partial charge in [0, 0.05) is 13.0 Å². The summed E-state index contributed by atoms with van der Waals surface area (Å²) >= 11 is 2.04. The molecular weight excluding hydrogens is 222 g/mol. The first kappa shape index (κ1) is 10.6. The van der Waals surface area contributed by atoms with Gasteiger partial charge in [0.25, 0.3) is 0 Å². The fraction of sp³-hybridized carbons (Fsp3) is 0.818. The summed E-state index contributed by atoms with van der Waals surface area (Å²) in [6.07, 6.45) is 3.43. The summed E-state index contributed by atoms with van der Waals surface area (Å²) in [4.78, 5) is 4.53. The van der Waals surface area contributed by atoms with Crippen LogP contribution in [0.4, 0.5) is 0 Å². The van der Waals surface area contributed by atoms with E-state index in [0.29, 0.717) is 5.92 Å². The zero-order chi connectivity index (χ0) is 10.8. The molecule has 2 aliphatic rings. The molecule has 0 spiro atoms. The summed E-state index contributed by atoms with van der Waals surface area (Å²) in [6.45, 7) is 2.06. The minimum Gasteiger partial charge on any atom is -0.339 e. The molecule has 3 heterocycles. The van der Waals surface area contributed by atoms with Gasteiger partial charge in [-0.1, -0.05) is 5.16 Å². The smallest absolute Gasteiger partial charge is 0.231 e. The predicted octanol–water partition coefficient (Wildman–Crippen LogP) is 1.44. The molecule has 5 heteroatoms. The molecule has 16 heavy (non-hydrogen) atoms. The lowest BCUT2D eigenvalue weighted by Gasteiger charge is -2.02. The SMILES string of the molecule is C1CC(c2nc(CC3CCSC3)no2)CN1. The monoisotopic (exact) mass is 239 g/mol. The Labute approximate surface area is 99.6 Å². The van der Waals surface area contributed by atoms with E-state index < -0.39 is 0 Å². The molecule has 0 aromatic carbocycles. The molecule has 2 unspecified atom stereocenters. The van der Waals surface area contributed by atoms with Gasteiger partial charge in [0.15, 0.2) is 5.82 Å². The number of rotatable bonds is 3. The summed E-state index contributed by atoms with van der Waals surface area (Å²) < 4.78 is 5.35. The third-order valence-corrected chi connectivity index (χ3v) is 4.62. The molecule has 2 aliphatic heterocycles. The maximum Gasteiger partial charge on any atom is 0.231 e. The Kier molecular flexibility index (Phi) is 3.15. The second kappa shape index (κ2) is 4.75. The maximum absolute atomic E-state index is 5.35. The predicted molar refractivity (Wildman–Crippen MR) is 63.7 cm³/mol. The van der Waals surface area contributed by atoms with Gasteiger partial charge in [-0.25, -0.2) is 0 Å². The van der Waals surface area contributed by atoms with Crippen LogP contribution in [-0.4, -0.2) is 34.7 Å². The van der Waals surface area contributed by atoms with Crippen molar-refractivity contribution in [3.05, 3.63) is 11.7 Å².